The first-order valence-electron chi connectivity index (χ1n) is 6.82. The Morgan fingerprint density at radius 3 is 2.54 bits per heavy atom. The summed E-state index contributed by atoms with van der Waals surface area (Å²) in [6.07, 6.45) is 0.637. The highest BCUT2D eigenvalue weighted by molar-refractivity contribution is 5.90. The van der Waals surface area contributed by atoms with Crippen LogP contribution >= 0.6 is 0 Å². The first kappa shape index (κ1) is 17.1. The molecule has 24 heavy (non-hydrogen) atoms. The van der Waals surface area contributed by atoms with Gasteiger partial charge in [-0.05, 0) is 12.1 Å². The molecule has 0 atom stereocenters. The molecule has 2 aromatic rings. The van der Waals surface area contributed by atoms with Crippen molar-refractivity contribution in [2.75, 3.05) is 32.0 Å². The Morgan fingerprint density at radius 2 is 1.88 bits per heavy atom. The van der Waals surface area contributed by atoms with Crippen LogP contribution in [0.1, 0.15) is 0 Å². The van der Waals surface area contributed by atoms with Crippen LogP contribution in [0.5, 0.6) is 11.5 Å². The first-order chi connectivity index (χ1) is 11.5. The van der Waals surface area contributed by atoms with Gasteiger partial charge in [0.2, 0.25) is 5.91 Å². The number of amides is 2. The lowest BCUT2D eigenvalue weighted by Crippen LogP contribution is -2.20. The second kappa shape index (κ2) is 7.81. The Morgan fingerprint density at radius 1 is 1.12 bits per heavy atom. The lowest BCUT2D eigenvalue weighted by molar-refractivity contribution is -0.117. The summed E-state index contributed by atoms with van der Waals surface area (Å²) in [5.74, 6) is 0.892. The van der Waals surface area contributed by atoms with Crippen LogP contribution in [0.2, 0.25) is 0 Å². The molecule has 0 saturated heterocycles. The van der Waals surface area contributed by atoms with Gasteiger partial charge in [0.25, 0.3) is 0 Å². The molecule has 0 spiro atoms. The van der Waals surface area contributed by atoms with E-state index in [2.05, 4.69) is 25.6 Å². The van der Waals surface area contributed by atoms with Crippen molar-refractivity contribution in [3.05, 3.63) is 24.4 Å². The molecule has 1 aromatic carbocycles. The topological polar surface area (TPSA) is 117 Å². The van der Waals surface area contributed by atoms with Crippen molar-refractivity contribution in [1.82, 2.24) is 15.0 Å². The molecule has 128 valence electrons. The maximum absolute atomic E-state index is 12.0. The number of nitrogens with zero attached hydrogens (tertiary/aromatic N) is 3. The van der Waals surface area contributed by atoms with Gasteiger partial charge >= 0.3 is 6.09 Å². The van der Waals surface area contributed by atoms with Crippen molar-refractivity contribution in [1.29, 1.82) is 0 Å². The van der Waals surface area contributed by atoms with Crippen LogP contribution in [0.15, 0.2) is 24.4 Å². The van der Waals surface area contributed by atoms with Gasteiger partial charge < -0.3 is 19.5 Å². The van der Waals surface area contributed by atoms with Gasteiger partial charge in [0.15, 0.2) is 17.3 Å². The third kappa shape index (κ3) is 4.35. The number of carbonyl (C=O) groups excluding carboxylic acids is 2. The number of hydrogen-bond acceptors (Lipinski definition) is 7. The van der Waals surface area contributed by atoms with Gasteiger partial charge in [0.05, 0.1) is 27.5 Å². The van der Waals surface area contributed by atoms with Gasteiger partial charge in [-0.25, -0.2) is 4.79 Å². The van der Waals surface area contributed by atoms with E-state index < -0.39 is 6.09 Å². The van der Waals surface area contributed by atoms with E-state index in [0.29, 0.717) is 17.2 Å². The molecule has 0 unspecified atom stereocenters. The van der Waals surface area contributed by atoms with Crippen LogP contribution in [-0.2, 0) is 16.1 Å². The minimum atomic E-state index is -0.670. The summed E-state index contributed by atoms with van der Waals surface area (Å²) in [5.41, 5.74) is 0.540. The molecule has 2 rings (SSSR count). The smallest absolute Gasteiger partial charge is 0.412 e. The third-order valence-electron chi connectivity index (χ3n) is 2.90. The molecule has 10 heteroatoms. The van der Waals surface area contributed by atoms with Crippen LogP contribution in [-0.4, -0.2) is 48.3 Å². The second-order valence-electron chi connectivity index (χ2n) is 4.49. The fourth-order valence-electron chi connectivity index (χ4n) is 1.83. The Labute approximate surface area is 137 Å². The van der Waals surface area contributed by atoms with Crippen LogP contribution in [0.25, 0.3) is 0 Å². The summed E-state index contributed by atoms with van der Waals surface area (Å²) in [6, 6.07) is 5.00. The minimum Gasteiger partial charge on any atom is -0.493 e. The lowest BCUT2D eigenvalue weighted by Gasteiger charge is -2.10. The number of methoxy groups -OCH3 is 3. The molecule has 0 fully saturated rings. The van der Waals surface area contributed by atoms with Gasteiger partial charge in [0.1, 0.15) is 6.54 Å². The van der Waals surface area contributed by atoms with E-state index in [1.54, 1.807) is 18.2 Å². The quantitative estimate of drug-likeness (QED) is 0.812. The highest BCUT2D eigenvalue weighted by atomic mass is 16.5. The lowest BCUT2D eigenvalue weighted by atomic mass is 10.2. The number of hydrogen-bond donors (Lipinski definition) is 2. The zero-order valence-electron chi connectivity index (χ0n) is 13.4. The molecule has 10 nitrogen and oxygen atoms in total. The Bertz CT molecular complexity index is 730. The fourth-order valence-corrected chi connectivity index (χ4v) is 1.83. The van der Waals surface area contributed by atoms with Crippen LogP contribution in [0, 0.1) is 0 Å². The number of ether oxygens (including phenoxy) is 3. The molecule has 0 aliphatic heterocycles. The van der Waals surface area contributed by atoms with Gasteiger partial charge in [-0.1, -0.05) is 0 Å². The highest BCUT2D eigenvalue weighted by Crippen LogP contribution is 2.29. The maximum Gasteiger partial charge on any atom is 0.412 e. The summed E-state index contributed by atoms with van der Waals surface area (Å²) >= 11 is 0. The van der Waals surface area contributed by atoms with Gasteiger partial charge in [-0.15, -0.1) is 5.10 Å². The highest BCUT2D eigenvalue weighted by Gasteiger charge is 2.10. The molecule has 1 aromatic heterocycles. The van der Waals surface area contributed by atoms with Gasteiger partial charge in [0, 0.05) is 11.8 Å². The van der Waals surface area contributed by atoms with E-state index in [1.165, 1.54) is 27.5 Å². The molecule has 2 N–H and O–H groups in total. The number of aromatic nitrogens is 3. The molecule has 1 heterocycles. The molecule has 0 saturated carbocycles. The number of benzene rings is 1. The zero-order valence-corrected chi connectivity index (χ0v) is 13.4. The summed E-state index contributed by atoms with van der Waals surface area (Å²) < 4.78 is 14.7. The maximum atomic E-state index is 12.0. The van der Waals surface area contributed by atoms with Crippen molar-refractivity contribution in [2.45, 2.75) is 6.54 Å². The number of rotatable bonds is 6. The Hall–Kier alpha value is -3.30. The third-order valence-corrected chi connectivity index (χ3v) is 2.90. The summed E-state index contributed by atoms with van der Waals surface area (Å²) in [5, 5.41) is 12.8. The van der Waals surface area contributed by atoms with Gasteiger partial charge in [-0.3, -0.25) is 10.1 Å². The van der Waals surface area contributed by atoms with E-state index in [-0.39, 0.29) is 18.3 Å². The molecular formula is C14H17N5O5. The minimum absolute atomic E-state index is 0.128. The van der Waals surface area contributed by atoms with E-state index in [9.17, 15) is 9.59 Å². The molecule has 0 aliphatic rings. The van der Waals surface area contributed by atoms with Crippen molar-refractivity contribution < 1.29 is 23.8 Å². The van der Waals surface area contributed by atoms with Crippen LogP contribution in [0.4, 0.5) is 16.3 Å². The first-order valence-corrected chi connectivity index (χ1v) is 6.82. The predicted molar refractivity (Wildman–Crippen MR) is 84.2 cm³/mol. The van der Waals surface area contributed by atoms with Crippen LogP contribution < -0.4 is 20.1 Å². The van der Waals surface area contributed by atoms with Crippen molar-refractivity contribution in [3.8, 4) is 11.5 Å². The van der Waals surface area contributed by atoms with E-state index in [0.717, 1.165) is 4.80 Å². The van der Waals surface area contributed by atoms with Crippen molar-refractivity contribution in [3.63, 3.8) is 0 Å². The molecular weight excluding hydrogens is 318 g/mol. The second-order valence-corrected chi connectivity index (χ2v) is 4.49. The summed E-state index contributed by atoms with van der Waals surface area (Å²) in [7, 11) is 4.27. The molecule has 0 radical (unpaired) electrons. The number of anilines is 2. The fraction of sp³-hybridized carbons (Fsp3) is 0.286. The summed E-state index contributed by atoms with van der Waals surface area (Å²) in [4.78, 5) is 24.2. The standard InChI is InChI=1S/C14H17N5O5/c1-22-10-5-4-9(6-11(10)23-2)16-13(20)8-19-15-7-12(18-19)17-14(21)24-3/h4-7H,8H2,1-3H3,(H,16,20)(H,17,18,21). The predicted octanol–water partition coefficient (Wildman–Crippen LogP) is 1.11. The van der Waals surface area contributed by atoms with E-state index in [1.807, 2.05) is 0 Å². The van der Waals surface area contributed by atoms with Gasteiger partial charge in [-0.2, -0.15) is 9.90 Å². The van der Waals surface area contributed by atoms with Crippen molar-refractivity contribution >= 4 is 23.5 Å². The average Bonchev–Trinajstić information content (AvgIpc) is 3.01. The Kier molecular flexibility index (Phi) is 5.55. The largest absolute Gasteiger partial charge is 0.493 e. The molecule has 0 aliphatic carbocycles. The molecule has 0 bridgehead atoms. The normalized spacial score (nSPS) is 9.96. The number of nitrogens with one attached hydrogen (secondary N) is 2. The Balaban J connectivity index is 1.97. The average molecular weight is 335 g/mol. The zero-order chi connectivity index (χ0) is 17.5. The molecule has 2 amide bonds. The monoisotopic (exact) mass is 335 g/mol. The van der Waals surface area contributed by atoms with E-state index >= 15 is 0 Å². The van der Waals surface area contributed by atoms with Crippen LogP contribution in [0.3, 0.4) is 0 Å². The van der Waals surface area contributed by atoms with E-state index in [4.69, 9.17) is 9.47 Å². The SMILES string of the molecule is COC(=O)Nc1cnn(CC(=O)Nc2ccc(OC)c(OC)c2)n1. The van der Waals surface area contributed by atoms with Crippen molar-refractivity contribution in [2.24, 2.45) is 0 Å². The summed E-state index contributed by atoms with van der Waals surface area (Å²) in [6.45, 7) is -0.128. The number of carbonyl (C=O) groups is 2.